The van der Waals surface area contributed by atoms with E-state index in [9.17, 15) is 4.79 Å². The Hall–Kier alpha value is -0.420. The fourth-order valence-electron chi connectivity index (χ4n) is 2.11. The lowest BCUT2D eigenvalue weighted by Gasteiger charge is -2.25. The first-order chi connectivity index (χ1) is 9.49. The second-order valence-corrected chi connectivity index (χ2v) is 6.92. The maximum absolute atomic E-state index is 12.0. The van der Waals surface area contributed by atoms with Crippen molar-refractivity contribution >= 4 is 40.9 Å². The van der Waals surface area contributed by atoms with E-state index in [-0.39, 0.29) is 11.3 Å². The number of nitrogens with one attached hydrogen (secondary N) is 1. The first kappa shape index (κ1) is 16.0. The molecule has 1 aliphatic heterocycles. The summed E-state index contributed by atoms with van der Waals surface area (Å²) in [5.74, 6) is 0.698. The second-order valence-electron chi connectivity index (χ2n) is 5.03. The fraction of sp³-hybridized carbons (Fsp3) is 0.500. The van der Waals surface area contributed by atoms with Gasteiger partial charge in [-0.05, 0) is 17.7 Å². The van der Waals surface area contributed by atoms with Gasteiger partial charge in [-0.1, -0.05) is 43.1 Å². The minimum absolute atomic E-state index is 0.0335. The van der Waals surface area contributed by atoms with Crippen molar-refractivity contribution in [1.82, 2.24) is 10.2 Å². The van der Waals surface area contributed by atoms with Crippen LogP contribution in [0.2, 0.25) is 10.0 Å². The molecule has 1 atom stereocenters. The minimum atomic E-state index is 0.0335. The lowest BCUT2D eigenvalue weighted by molar-refractivity contribution is -0.128. The third-order valence-corrected chi connectivity index (χ3v) is 5.10. The van der Waals surface area contributed by atoms with E-state index in [4.69, 9.17) is 23.2 Å². The Morgan fingerprint density at radius 1 is 1.40 bits per heavy atom. The molecular formula is C14H18Cl2N2OS. The highest BCUT2D eigenvalue weighted by Crippen LogP contribution is 2.39. The largest absolute Gasteiger partial charge is 0.325 e. The molecule has 3 nitrogen and oxygen atoms in total. The number of hydrogen-bond donors (Lipinski definition) is 1. The number of carbonyl (C=O) groups is 1. The summed E-state index contributed by atoms with van der Waals surface area (Å²) in [5.41, 5.74) is 1.03. The topological polar surface area (TPSA) is 32.3 Å². The van der Waals surface area contributed by atoms with Crippen molar-refractivity contribution < 1.29 is 4.79 Å². The zero-order valence-electron chi connectivity index (χ0n) is 11.5. The molecular weight excluding hydrogens is 315 g/mol. The van der Waals surface area contributed by atoms with E-state index in [0.717, 1.165) is 12.1 Å². The summed E-state index contributed by atoms with van der Waals surface area (Å²) in [5, 5.41) is 4.44. The molecule has 0 bridgehead atoms. The first-order valence-electron chi connectivity index (χ1n) is 6.58. The van der Waals surface area contributed by atoms with Gasteiger partial charge < -0.3 is 10.2 Å². The summed E-state index contributed by atoms with van der Waals surface area (Å²) in [6.45, 7) is 5.69. The number of thioether (sulfide) groups is 1. The van der Waals surface area contributed by atoms with Gasteiger partial charge in [-0.3, -0.25) is 4.79 Å². The molecule has 6 heteroatoms. The van der Waals surface area contributed by atoms with Gasteiger partial charge in [-0.2, -0.15) is 0 Å². The van der Waals surface area contributed by atoms with Crippen molar-refractivity contribution in [3.8, 4) is 0 Å². The molecule has 0 aliphatic carbocycles. The van der Waals surface area contributed by atoms with Crippen LogP contribution in [0, 0.1) is 0 Å². The van der Waals surface area contributed by atoms with Gasteiger partial charge in [0, 0.05) is 19.1 Å². The van der Waals surface area contributed by atoms with E-state index >= 15 is 0 Å². The van der Waals surface area contributed by atoms with Crippen molar-refractivity contribution in [3.05, 3.63) is 33.8 Å². The molecule has 0 spiro atoms. The van der Waals surface area contributed by atoms with Crippen molar-refractivity contribution in [2.45, 2.75) is 25.3 Å². The van der Waals surface area contributed by atoms with Crippen LogP contribution < -0.4 is 5.32 Å². The third-order valence-electron chi connectivity index (χ3n) is 3.10. The number of amides is 1. The minimum Gasteiger partial charge on any atom is -0.325 e. The van der Waals surface area contributed by atoms with Gasteiger partial charge >= 0.3 is 0 Å². The Morgan fingerprint density at radius 2 is 2.15 bits per heavy atom. The average molecular weight is 333 g/mol. The highest BCUT2D eigenvalue weighted by Gasteiger charge is 2.32. The van der Waals surface area contributed by atoms with Gasteiger partial charge in [0.2, 0.25) is 5.91 Å². The lowest BCUT2D eigenvalue weighted by Crippen LogP contribution is -2.37. The quantitative estimate of drug-likeness (QED) is 0.894. The van der Waals surface area contributed by atoms with Crippen LogP contribution in [0.1, 0.15) is 24.8 Å². The fourth-order valence-corrected chi connectivity index (χ4v) is 3.63. The third kappa shape index (κ3) is 3.82. The summed E-state index contributed by atoms with van der Waals surface area (Å²) in [7, 11) is 0. The van der Waals surface area contributed by atoms with Crippen LogP contribution in [0.4, 0.5) is 0 Å². The molecule has 2 rings (SSSR count). The molecule has 1 aromatic carbocycles. The molecule has 1 unspecified atom stereocenters. The molecule has 1 fully saturated rings. The van der Waals surface area contributed by atoms with Crippen LogP contribution in [0.3, 0.4) is 0 Å². The first-order valence-corrected chi connectivity index (χ1v) is 8.39. The van der Waals surface area contributed by atoms with Crippen LogP contribution >= 0.6 is 35.0 Å². The second kappa shape index (κ2) is 7.03. The van der Waals surface area contributed by atoms with Crippen molar-refractivity contribution in [1.29, 1.82) is 0 Å². The number of carbonyl (C=O) groups excluding carboxylic acids is 1. The number of halogens is 2. The maximum atomic E-state index is 12.0. The zero-order valence-corrected chi connectivity index (χ0v) is 13.9. The Morgan fingerprint density at radius 3 is 2.80 bits per heavy atom. The molecule has 0 radical (unpaired) electrons. The van der Waals surface area contributed by atoms with Crippen LogP contribution in [-0.4, -0.2) is 35.7 Å². The highest BCUT2D eigenvalue weighted by molar-refractivity contribution is 8.00. The van der Waals surface area contributed by atoms with Crippen LogP contribution in [0.25, 0.3) is 0 Å². The molecule has 0 saturated carbocycles. The predicted octanol–water partition coefficient (Wildman–Crippen LogP) is 3.57. The van der Waals surface area contributed by atoms with Gasteiger partial charge in [0.15, 0.2) is 0 Å². The predicted molar refractivity (Wildman–Crippen MR) is 86.5 cm³/mol. The molecule has 1 N–H and O–H groups in total. The van der Waals surface area contributed by atoms with Crippen LogP contribution in [0.5, 0.6) is 0 Å². The monoisotopic (exact) mass is 332 g/mol. The summed E-state index contributed by atoms with van der Waals surface area (Å²) in [6, 6.07) is 5.99. The Kier molecular flexibility index (Phi) is 5.61. The van der Waals surface area contributed by atoms with Crippen molar-refractivity contribution in [2.24, 2.45) is 0 Å². The number of nitrogens with zero attached hydrogens (tertiary/aromatic N) is 1. The van der Waals surface area contributed by atoms with E-state index in [1.165, 1.54) is 0 Å². The van der Waals surface area contributed by atoms with Gasteiger partial charge in [0.05, 0.1) is 15.8 Å². The number of benzene rings is 1. The molecule has 1 aliphatic rings. The van der Waals surface area contributed by atoms with Crippen molar-refractivity contribution in [3.63, 3.8) is 0 Å². The Labute approximate surface area is 134 Å². The summed E-state index contributed by atoms with van der Waals surface area (Å²) in [6.07, 6.45) is 0. The maximum Gasteiger partial charge on any atom is 0.233 e. The Balaban J connectivity index is 2.08. The van der Waals surface area contributed by atoms with Gasteiger partial charge in [-0.25, -0.2) is 0 Å². The summed E-state index contributed by atoms with van der Waals surface area (Å²) in [4.78, 5) is 13.9. The molecule has 1 aromatic rings. The normalized spacial score (nSPS) is 19.1. The van der Waals surface area contributed by atoms with Crippen molar-refractivity contribution in [2.75, 3.05) is 18.8 Å². The smallest absolute Gasteiger partial charge is 0.233 e. The van der Waals surface area contributed by atoms with E-state index in [2.05, 4.69) is 19.2 Å². The van der Waals surface area contributed by atoms with Gasteiger partial charge in [-0.15, -0.1) is 11.8 Å². The Bertz CT molecular complexity index is 496. The van der Waals surface area contributed by atoms with Crippen LogP contribution in [-0.2, 0) is 4.79 Å². The molecule has 1 saturated heterocycles. The lowest BCUT2D eigenvalue weighted by atomic mass is 10.2. The summed E-state index contributed by atoms with van der Waals surface area (Å²) >= 11 is 13.6. The molecule has 20 heavy (non-hydrogen) atoms. The molecule has 110 valence electrons. The van der Waals surface area contributed by atoms with E-state index in [1.807, 2.05) is 17.0 Å². The number of hydrogen-bond acceptors (Lipinski definition) is 3. The zero-order chi connectivity index (χ0) is 14.7. The average Bonchev–Trinajstić information content (AvgIpc) is 2.74. The molecule has 1 heterocycles. The standard InChI is InChI=1S/C14H18Cl2N2OS/c1-9(2)17-5-6-18-13(19)8-20-14(18)10-3-4-11(15)12(16)7-10/h3-4,7,9,14,17H,5-6,8H2,1-2H3. The van der Waals surface area contributed by atoms with E-state index < -0.39 is 0 Å². The van der Waals surface area contributed by atoms with Crippen LogP contribution in [0.15, 0.2) is 18.2 Å². The number of rotatable bonds is 5. The summed E-state index contributed by atoms with van der Waals surface area (Å²) < 4.78 is 0. The van der Waals surface area contributed by atoms with E-state index in [0.29, 0.717) is 28.4 Å². The highest BCUT2D eigenvalue weighted by atomic mass is 35.5. The van der Waals surface area contributed by atoms with Gasteiger partial charge in [0.25, 0.3) is 0 Å². The van der Waals surface area contributed by atoms with Gasteiger partial charge in [0.1, 0.15) is 5.37 Å². The molecule has 1 amide bonds. The molecule has 0 aromatic heterocycles. The van der Waals surface area contributed by atoms with E-state index in [1.54, 1.807) is 17.8 Å². The SMILES string of the molecule is CC(C)NCCN1C(=O)CSC1c1ccc(Cl)c(Cl)c1.